The van der Waals surface area contributed by atoms with E-state index in [0.29, 0.717) is 0 Å². The second-order valence-corrected chi connectivity index (χ2v) is 3.74. The highest BCUT2D eigenvalue weighted by Crippen LogP contribution is 2.12. The van der Waals surface area contributed by atoms with Crippen LogP contribution in [0.2, 0.25) is 0 Å². The molecule has 18 heavy (non-hydrogen) atoms. The topological polar surface area (TPSA) is 66.4 Å². The van der Waals surface area contributed by atoms with Crippen LogP contribution in [-0.2, 0) is 16.0 Å². The van der Waals surface area contributed by atoms with Crippen molar-refractivity contribution < 1.29 is 23.5 Å². The van der Waals surface area contributed by atoms with Crippen molar-refractivity contribution in [2.45, 2.75) is 25.8 Å². The number of rotatable bonds is 5. The van der Waals surface area contributed by atoms with Crippen LogP contribution in [0, 0.1) is 11.6 Å². The van der Waals surface area contributed by atoms with Crippen molar-refractivity contribution in [2.24, 2.45) is 0 Å². The van der Waals surface area contributed by atoms with Crippen LogP contribution in [0.3, 0.4) is 0 Å². The van der Waals surface area contributed by atoms with Crippen LogP contribution >= 0.6 is 0 Å². The Balaban J connectivity index is 2.73. The molecule has 0 bridgehead atoms. The number of halogens is 2. The fourth-order valence-electron chi connectivity index (χ4n) is 1.45. The van der Waals surface area contributed by atoms with Gasteiger partial charge in [0.05, 0.1) is 6.42 Å². The number of carboxylic acids is 1. The van der Waals surface area contributed by atoms with Crippen LogP contribution < -0.4 is 5.32 Å². The third kappa shape index (κ3) is 3.51. The molecular formula is C12H13F2NO3. The highest BCUT2D eigenvalue weighted by Gasteiger charge is 2.19. The van der Waals surface area contributed by atoms with E-state index in [0.717, 1.165) is 12.1 Å². The summed E-state index contributed by atoms with van der Waals surface area (Å²) in [7, 11) is 0. The molecule has 0 heterocycles. The molecule has 4 nitrogen and oxygen atoms in total. The largest absolute Gasteiger partial charge is 0.480 e. The van der Waals surface area contributed by atoms with E-state index in [1.54, 1.807) is 6.92 Å². The maximum absolute atomic E-state index is 13.3. The predicted octanol–water partition coefficient (Wildman–Crippen LogP) is 1.49. The van der Waals surface area contributed by atoms with Crippen LogP contribution in [0.1, 0.15) is 18.9 Å². The van der Waals surface area contributed by atoms with Gasteiger partial charge in [0.25, 0.3) is 0 Å². The Labute approximate surface area is 103 Å². The Morgan fingerprint density at radius 2 is 1.89 bits per heavy atom. The normalized spacial score (nSPS) is 11.9. The Morgan fingerprint density at radius 1 is 1.33 bits per heavy atom. The van der Waals surface area contributed by atoms with Gasteiger partial charge in [-0.2, -0.15) is 0 Å². The van der Waals surface area contributed by atoms with Crippen molar-refractivity contribution >= 4 is 11.9 Å². The second kappa shape index (κ2) is 6.09. The molecule has 0 saturated carbocycles. The molecular weight excluding hydrogens is 244 g/mol. The maximum Gasteiger partial charge on any atom is 0.326 e. The molecule has 1 unspecified atom stereocenters. The second-order valence-electron chi connectivity index (χ2n) is 3.74. The summed E-state index contributed by atoms with van der Waals surface area (Å²) in [6.07, 6.45) is -0.330. The van der Waals surface area contributed by atoms with E-state index >= 15 is 0 Å². The standard InChI is InChI=1S/C12H13F2NO3/c1-2-10(12(17)18)15-11(16)6-7-8(13)4-3-5-9(7)14/h3-5,10H,2,6H2,1H3,(H,15,16)(H,17,18). The van der Waals surface area contributed by atoms with Crippen LogP contribution in [0.15, 0.2) is 18.2 Å². The van der Waals surface area contributed by atoms with Gasteiger partial charge in [-0.15, -0.1) is 0 Å². The lowest BCUT2D eigenvalue weighted by atomic mass is 10.1. The lowest BCUT2D eigenvalue weighted by Gasteiger charge is -2.12. The van der Waals surface area contributed by atoms with Crippen molar-refractivity contribution in [3.05, 3.63) is 35.4 Å². The lowest BCUT2D eigenvalue weighted by Crippen LogP contribution is -2.41. The van der Waals surface area contributed by atoms with E-state index in [-0.39, 0.29) is 12.0 Å². The van der Waals surface area contributed by atoms with Gasteiger partial charge in [-0.05, 0) is 18.6 Å². The monoisotopic (exact) mass is 257 g/mol. The van der Waals surface area contributed by atoms with E-state index in [1.807, 2.05) is 0 Å². The fraction of sp³-hybridized carbons (Fsp3) is 0.333. The van der Waals surface area contributed by atoms with E-state index in [9.17, 15) is 18.4 Å². The minimum atomic E-state index is -1.18. The number of nitrogens with one attached hydrogen (secondary N) is 1. The van der Waals surface area contributed by atoms with Crippen LogP contribution in [0.25, 0.3) is 0 Å². The molecule has 0 saturated heterocycles. The number of hydrogen-bond acceptors (Lipinski definition) is 2. The summed E-state index contributed by atoms with van der Waals surface area (Å²) in [5.74, 6) is -3.56. The summed E-state index contributed by atoms with van der Waals surface area (Å²) in [5.41, 5.74) is -0.366. The first-order chi connectivity index (χ1) is 8.45. The molecule has 1 aromatic rings. The van der Waals surface area contributed by atoms with E-state index < -0.39 is 36.0 Å². The molecule has 1 rings (SSSR count). The van der Waals surface area contributed by atoms with Crippen molar-refractivity contribution in [3.8, 4) is 0 Å². The summed E-state index contributed by atoms with van der Waals surface area (Å²) in [6.45, 7) is 1.59. The van der Waals surface area contributed by atoms with E-state index in [4.69, 9.17) is 5.11 Å². The van der Waals surface area contributed by atoms with Gasteiger partial charge in [0.1, 0.15) is 17.7 Å². The fourth-order valence-corrected chi connectivity index (χ4v) is 1.45. The molecule has 0 aliphatic rings. The summed E-state index contributed by atoms with van der Waals surface area (Å²) >= 11 is 0. The van der Waals surface area contributed by atoms with Crippen molar-refractivity contribution in [1.29, 1.82) is 0 Å². The summed E-state index contributed by atoms with van der Waals surface area (Å²) in [6, 6.07) is 2.23. The highest BCUT2D eigenvalue weighted by atomic mass is 19.1. The summed E-state index contributed by atoms with van der Waals surface area (Å²) < 4.78 is 26.5. The molecule has 2 N–H and O–H groups in total. The minimum Gasteiger partial charge on any atom is -0.480 e. The number of carbonyl (C=O) groups excluding carboxylic acids is 1. The SMILES string of the molecule is CCC(NC(=O)Cc1c(F)cccc1F)C(=O)O. The van der Waals surface area contributed by atoms with Crippen molar-refractivity contribution in [3.63, 3.8) is 0 Å². The van der Waals surface area contributed by atoms with Crippen molar-refractivity contribution in [2.75, 3.05) is 0 Å². The summed E-state index contributed by atoms with van der Waals surface area (Å²) in [4.78, 5) is 22.2. The van der Waals surface area contributed by atoms with E-state index in [1.165, 1.54) is 6.07 Å². The first-order valence-corrected chi connectivity index (χ1v) is 5.40. The zero-order valence-corrected chi connectivity index (χ0v) is 9.74. The zero-order valence-electron chi connectivity index (χ0n) is 9.74. The maximum atomic E-state index is 13.3. The van der Waals surface area contributed by atoms with Gasteiger partial charge in [0, 0.05) is 5.56 Å². The first kappa shape index (κ1) is 14.1. The number of amides is 1. The molecule has 6 heteroatoms. The van der Waals surface area contributed by atoms with Crippen LogP contribution in [0.4, 0.5) is 8.78 Å². The number of carbonyl (C=O) groups is 2. The average molecular weight is 257 g/mol. The third-order valence-electron chi connectivity index (χ3n) is 2.44. The minimum absolute atomic E-state index is 0.195. The van der Waals surface area contributed by atoms with Gasteiger partial charge in [0.2, 0.25) is 5.91 Å². The molecule has 0 aliphatic heterocycles. The Bertz CT molecular complexity index is 442. The number of hydrogen-bond donors (Lipinski definition) is 2. The van der Waals surface area contributed by atoms with Gasteiger partial charge < -0.3 is 10.4 Å². The van der Waals surface area contributed by atoms with Crippen molar-refractivity contribution in [1.82, 2.24) is 5.32 Å². The van der Waals surface area contributed by atoms with Gasteiger partial charge in [-0.25, -0.2) is 13.6 Å². The molecule has 0 radical (unpaired) electrons. The molecule has 98 valence electrons. The molecule has 1 atom stereocenters. The van der Waals surface area contributed by atoms with Gasteiger partial charge in [0.15, 0.2) is 0 Å². The molecule has 0 aliphatic carbocycles. The number of benzene rings is 1. The third-order valence-corrected chi connectivity index (χ3v) is 2.44. The molecule has 1 amide bonds. The van der Waals surface area contributed by atoms with Gasteiger partial charge >= 0.3 is 5.97 Å². The van der Waals surface area contributed by atoms with Crippen LogP contribution in [0.5, 0.6) is 0 Å². The first-order valence-electron chi connectivity index (χ1n) is 5.40. The predicted molar refractivity (Wildman–Crippen MR) is 59.9 cm³/mol. The molecule has 0 spiro atoms. The van der Waals surface area contributed by atoms with Crippen LogP contribution in [-0.4, -0.2) is 23.0 Å². The highest BCUT2D eigenvalue weighted by molar-refractivity contribution is 5.84. The zero-order chi connectivity index (χ0) is 13.7. The number of aliphatic carboxylic acids is 1. The molecule has 0 fully saturated rings. The average Bonchev–Trinajstić information content (AvgIpc) is 2.30. The van der Waals surface area contributed by atoms with E-state index in [2.05, 4.69) is 5.32 Å². The molecule has 1 aromatic carbocycles. The number of carboxylic acid groups (broad SMARTS) is 1. The van der Waals surface area contributed by atoms with Gasteiger partial charge in [-0.1, -0.05) is 13.0 Å². The lowest BCUT2D eigenvalue weighted by molar-refractivity contribution is -0.141. The summed E-state index contributed by atoms with van der Waals surface area (Å²) in [5, 5.41) is 10.9. The smallest absolute Gasteiger partial charge is 0.326 e. The Kier molecular flexibility index (Phi) is 4.76. The molecule has 0 aromatic heterocycles. The van der Waals surface area contributed by atoms with Gasteiger partial charge in [-0.3, -0.25) is 4.79 Å². The Hall–Kier alpha value is -1.98. The Morgan fingerprint density at radius 3 is 2.33 bits per heavy atom. The quantitative estimate of drug-likeness (QED) is 0.839.